The number of para-hydroxylation sites is 1. The van der Waals surface area contributed by atoms with Gasteiger partial charge >= 0.3 is 0 Å². The number of nitrogens with zero attached hydrogens (tertiary/aromatic N) is 1. The van der Waals surface area contributed by atoms with Crippen molar-refractivity contribution in [2.45, 2.75) is 6.42 Å². The highest BCUT2D eigenvalue weighted by Gasteiger charge is 2.21. The minimum atomic E-state index is 0.855. The second kappa shape index (κ2) is 4.22. The van der Waals surface area contributed by atoms with E-state index in [0.29, 0.717) is 0 Å². The van der Waals surface area contributed by atoms with E-state index in [1.54, 1.807) is 0 Å². The SMILES string of the molecule is Nc1cc(I)ccc1N1CCc2ccccc21. The fourth-order valence-electron chi connectivity index (χ4n) is 2.36. The molecule has 0 unspecified atom stereocenters. The molecule has 1 heterocycles. The van der Waals surface area contributed by atoms with Gasteiger partial charge in [-0.25, -0.2) is 0 Å². The van der Waals surface area contributed by atoms with Crippen LogP contribution in [0.25, 0.3) is 0 Å². The quantitative estimate of drug-likeness (QED) is 0.637. The largest absolute Gasteiger partial charge is 0.397 e. The summed E-state index contributed by atoms with van der Waals surface area (Å²) in [4.78, 5) is 2.31. The minimum Gasteiger partial charge on any atom is -0.397 e. The summed E-state index contributed by atoms with van der Waals surface area (Å²) >= 11 is 2.29. The fraction of sp³-hybridized carbons (Fsp3) is 0.143. The summed E-state index contributed by atoms with van der Waals surface area (Å²) < 4.78 is 1.18. The highest BCUT2D eigenvalue weighted by molar-refractivity contribution is 14.1. The fourth-order valence-corrected chi connectivity index (χ4v) is 2.87. The molecule has 0 atom stereocenters. The standard InChI is InChI=1S/C14H13IN2/c15-11-5-6-14(12(16)9-11)17-8-7-10-3-1-2-4-13(10)17/h1-6,9H,7-8,16H2. The summed E-state index contributed by atoms with van der Waals surface area (Å²) in [6, 6.07) is 14.8. The van der Waals surface area contributed by atoms with Crippen molar-refractivity contribution >= 4 is 39.7 Å². The van der Waals surface area contributed by atoms with Gasteiger partial charge in [0, 0.05) is 15.8 Å². The van der Waals surface area contributed by atoms with Crippen LogP contribution in [0, 0.1) is 3.57 Å². The van der Waals surface area contributed by atoms with Crippen LogP contribution in [0.4, 0.5) is 17.1 Å². The van der Waals surface area contributed by atoms with Gasteiger partial charge in [0.25, 0.3) is 0 Å². The molecular weight excluding hydrogens is 323 g/mol. The van der Waals surface area contributed by atoms with Crippen molar-refractivity contribution in [1.82, 2.24) is 0 Å². The van der Waals surface area contributed by atoms with E-state index in [4.69, 9.17) is 5.73 Å². The Bertz CT molecular complexity index is 566. The van der Waals surface area contributed by atoms with Crippen LogP contribution in [-0.2, 0) is 6.42 Å². The first-order valence-electron chi connectivity index (χ1n) is 5.66. The van der Waals surface area contributed by atoms with E-state index in [1.165, 1.54) is 14.8 Å². The first-order chi connectivity index (χ1) is 8.25. The Morgan fingerprint density at radius 3 is 2.71 bits per heavy atom. The molecule has 2 aromatic carbocycles. The number of hydrogen-bond acceptors (Lipinski definition) is 2. The number of nitrogens with two attached hydrogens (primary N) is 1. The van der Waals surface area contributed by atoms with Gasteiger partial charge in [0.15, 0.2) is 0 Å². The molecule has 86 valence electrons. The zero-order valence-electron chi connectivity index (χ0n) is 9.36. The summed E-state index contributed by atoms with van der Waals surface area (Å²) in [6.45, 7) is 1.02. The Kier molecular flexibility index (Phi) is 2.70. The van der Waals surface area contributed by atoms with Crippen LogP contribution in [0.1, 0.15) is 5.56 Å². The molecule has 3 rings (SSSR count). The van der Waals surface area contributed by atoms with Gasteiger partial charge in [0.05, 0.1) is 11.4 Å². The van der Waals surface area contributed by atoms with Crippen LogP contribution >= 0.6 is 22.6 Å². The van der Waals surface area contributed by atoms with Crippen molar-refractivity contribution in [3.63, 3.8) is 0 Å². The van der Waals surface area contributed by atoms with Gasteiger partial charge in [0.1, 0.15) is 0 Å². The molecule has 0 saturated carbocycles. The molecule has 3 heteroatoms. The van der Waals surface area contributed by atoms with E-state index in [-0.39, 0.29) is 0 Å². The number of halogens is 1. The van der Waals surface area contributed by atoms with Gasteiger partial charge in [-0.05, 0) is 58.8 Å². The summed E-state index contributed by atoms with van der Waals surface area (Å²) in [5.74, 6) is 0. The Morgan fingerprint density at radius 2 is 1.88 bits per heavy atom. The lowest BCUT2D eigenvalue weighted by atomic mass is 10.2. The predicted molar refractivity (Wildman–Crippen MR) is 80.7 cm³/mol. The molecule has 17 heavy (non-hydrogen) atoms. The zero-order valence-corrected chi connectivity index (χ0v) is 11.5. The molecule has 1 aliphatic heterocycles. The average Bonchev–Trinajstić information content (AvgIpc) is 2.73. The second-order valence-corrected chi connectivity index (χ2v) is 5.48. The molecule has 2 N–H and O–H groups in total. The van der Waals surface area contributed by atoms with Gasteiger partial charge < -0.3 is 10.6 Å². The molecule has 2 nitrogen and oxygen atoms in total. The van der Waals surface area contributed by atoms with Crippen LogP contribution in [0.3, 0.4) is 0 Å². The van der Waals surface area contributed by atoms with Crippen molar-refractivity contribution in [3.8, 4) is 0 Å². The van der Waals surface area contributed by atoms with E-state index in [1.807, 2.05) is 6.07 Å². The molecule has 0 amide bonds. The number of fused-ring (bicyclic) bond motifs is 1. The van der Waals surface area contributed by atoms with Crippen LogP contribution < -0.4 is 10.6 Å². The van der Waals surface area contributed by atoms with Gasteiger partial charge in [-0.1, -0.05) is 18.2 Å². The lowest BCUT2D eigenvalue weighted by Crippen LogP contribution is -2.14. The first-order valence-corrected chi connectivity index (χ1v) is 6.74. The number of hydrogen-bond donors (Lipinski definition) is 1. The van der Waals surface area contributed by atoms with Crippen LogP contribution in [0.5, 0.6) is 0 Å². The maximum atomic E-state index is 6.11. The first kappa shape index (κ1) is 10.9. The van der Waals surface area contributed by atoms with Gasteiger partial charge in [-0.3, -0.25) is 0 Å². The maximum absolute atomic E-state index is 6.11. The summed E-state index contributed by atoms with van der Waals surface area (Å²) in [6.07, 6.45) is 1.10. The molecule has 0 aliphatic carbocycles. The third kappa shape index (κ3) is 1.88. The van der Waals surface area contributed by atoms with E-state index in [0.717, 1.165) is 24.3 Å². The topological polar surface area (TPSA) is 29.3 Å². The summed E-state index contributed by atoms with van der Waals surface area (Å²) in [5, 5.41) is 0. The third-order valence-electron chi connectivity index (χ3n) is 3.17. The van der Waals surface area contributed by atoms with Crippen molar-refractivity contribution in [2.24, 2.45) is 0 Å². The number of rotatable bonds is 1. The molecule has 0 saturated heterocycles. The number of anilines is 3. The molecule has 2 aromatic rings. The summed E-state index contributed by atoms with van der Waals surface area (Å²) in [7, 11) is 0. The normalized spacial score (nSPS) is 13.8. The average molecular weight is 336 g/mol. The summed E-state index contributed by atoms with van der Waals surface area (Å²) in [5.41, 5.74) is 10.8. The smallest absolute Gasteiger partial charge is 0.0645 e. The minimum absolute atomic E-state index is 0.855. The van der Waals surface area contributed by atoms with Crippen LogP contribution in [0.15, 0.2) is 42.5 Å². The van der Waals surface area contributed by atoms with Gasteiger partial charge in [0.2, 0.25) is 0 Å². The van der Waals surface area contributed by atoms with Crippen molar-refractivity contribution in [1.29, 1.82) is 0 Å². The molecule has 1 aliphatic rings. The van der Waals surface area contributed by atoms with E-state index >= 15 is 0 Å². The maximum Gasteiger partial charge on any atom is 0.0645 e. The van der Waals surface area contributed by atoms with Gasteiger partial charge in [-0.2, -0.15) is 0 Å². The molecule has 0 spiro atoms. The van der Waals surface area contributed by atoms with E-state index < -0.39 is 0 Å². The zero-order chi connectivity index (χ0) is 11.8. The highest BCUT2D eigenvalue weighted by Crippen LogP contribution is 2.37. The van der Waals surface area contributed by atoms with E-state index in [9.17, 15) is 0 Å². The lowest BCUT2D eigenvalue weighted by molar-refractivity contribution is 0.999. The Labute approximate surface area is 115 Å². The molecule has 0 aromatic heterocycles. The van der Waals surface area contributed by atoms with Crippen molar-refractivity contribution < 1.29 is 0 Å². The Morgan fingerprint density at radius 1 is 1.06 bits per heavy atom. The predicted octanol–water partition coefficient (Wildman–Crippen LogP) is 3.57. The van der Waals surface area contributed by atoms with Crippen molar-refractivity contribution in [3.05, 3.63) is 51.6 Å². The third-order valence-corrected chi connectivity index (χ3v) is 3.84. The molecule has 0 fully saturated rings. The molecule has 0 bridgehead atoms. The Hall–Kier alpha value is -1.23. The lowest BCUT2D eigenvalue weighted by Gasteiger charge is -2.21. The van der Waals surface area contributed by atoms with Gasteiger partial charge in [-0.15, -0.1) is 0 Å². The number of nitrogen functional groups attached to an aromatic ring is 1. The monoisotopic (exact) mass is 336 g/mol. The van der Waals surface area contributed by atoms with Crippen molar-refractivity contribution in [2.75, 3.05) is 17.2 Å². The van der Waals surface area contributed by atoms with E-state index in [2.05, 4.69) is 63.9 Å². The second-order valence-electron chi connectivity index (χ2n) is 4.23. The number of benzene rings is 2. The molecule has 0 radical (unpaired) electrons. The van der Waals surface area contributed by atoms with Crippen LogP contribution in [0.2, 0.25) is 0 Å². The van der Waals surface area contributed by atoms with Crippen LogP contribution in [-0.4, -0.2) is 6.54 Å². The molecular formula is C14H13IN2. The highest BCUT2D eigenvalue weighted by atomic mass is 127. The Balaban J connectivity index is 2.07.